The summed E-state index contributed by atoms with van der Waals surface area (Å²) in [6.45, 7) is 1.92. The maximum atomic E-state index is 14.1. The van der Waals surface area contributed by atoms with Crippen LogP contribution < -0.4 is 5.32 Å². The van der Waals surface area contributed by atoms with Gasteiger partial charge in [-0.1, -0.05) is 0 Å². The Morgan fingerprint density at radius 2 is 2.26 bits per heavy atom. The third kappa shape index (κ3) is 3.14. The molecule has 3 rings (SSSR count). The molecule has 0 aliphatic heterocycles. The zero-order chi connectivity index (χ0) is 16.4. The predicted octanol–water partition coefficient (Wildman–Crippen LogP) is 4.49. The van der Waals surface area contributed by atoms with Gasteiger partial charge in [0.25, 0.3) is 0 Å². The van der Waals surface area contributed by atoms with Crippen molar-refractivity contribution in [2.24, 2.45) is 0 Å². The molecule has 1 N–H and O–H groups in total. The first-order valence-electron chi connectivity index (χ1n) is 6.86. The maximum absolute atomic E-state index is 14.1. The predicted molar refractivity (Wildman–Crippen MR) is 92.4 cm³/mol. The molecule has 0 fully saturated rings. The second-order valence-corrected chi connectivity index (χ2v) is 5.89. The maximum Gasteiger partial charge on any atom is 0.376 e. The molecule has 0 aliphatic rings. The average molecular weight is 426 g/mol. The fraction of sp³-hybridized carbons (Fsp3) is 0.125. The molecule has 23 heavy (non-hydrogen) atoms. The summed E-state index contributed by atoms with van der Waals surface area (Å²) in [6, 6.07) is 6.46. The summed E-state index contributed by atoms with van der Waals surface area (Å²) >= 11 is 2.03. The molecule has 0 aliphatic carbocycles. The molecule has 3 aromatic rings. The molecule has 1 aromatic carbocycles. The smallest absolute Gasteiger partial charge is 0.376 e. The average Bonchev–Trinajstić information content (AvgIpc) is 2.89. The topological polar surface area (TPSA) is 64.4 Å². The summed E-state index contributed by atoms with van der Waals surface area (Å²) in [5, 5.41) is 3.56. The minimum atomic E-state index is -0.614. The highest BCUT2D eigenvalue weighted by Crippen LogP contribution is 2.34. The van der Waals surface area contributed by atoms with E-state index < -0.39 is 11.8 Å². The van der Waals surface area contributed by atoms with Crippen LogP contribution in [-0.2, 0) is 4.74 Å². The standard InChI is InChI=1S/C16H12FIN2O3/c1-2-22-16(21)15-14(10-5-6-19-8-13(10)23-15)20-12-4-3-9(18)7-11(12)17/h3-8,20H,2H2,1H3. The Hall–Kier alpha value is -2.16. The quantitative estimate of drug-likeness (QED) is 0.492. The number of rotatable bonds is 4. The number of ether oxygens (including phenoxy) is 1. The monoisotopic (exact) mass is 426 g/mol. The number of nitrogens with one attached hydrogen (secondary N) is 1. The van der Waals surface area contributed by atoms with Crippen molar-refractivity contribution < 1.29 is 18.3 Å². The molecule has 0 saturated carbocycles. The summed E-state index contributed by atoms with van der Waals surface area (Å²) in [5.74, 6) is -1.04. The van der Waals surface area contributed by atoms with Crippen LogP contribution >= 0.6 is 22.6 Å². The zero-order valence-electron chi connectivity index (χ0n) is 12.1. The van der Waals surface area contributed by atoms with Gasteiger partial charge in [-0.25, -0.2) is 9.18 Å². The molecule has 0 atom stereocenters. The number of furan rings is 1. The van der Waals surface area contributed by atoms with Gasteiger partial charge in [0, 0.05) is 15.2 Å². The summed E-state index contributed by atoms with van der Waals surface area (Å²) in [4.78, 5) is 16.1. The molecular weight excluding hydrogens is 414 g/mol. The van der Waals surface area contributed by atoms with E-state index in [0.717, 1.165) is 3.57 Å². The van der Waals surface area contributed by atoms with Crippen LogP contribution in [0.2, 0.25) is 0 Å². The van der Waals surface area contributed by atoms with Crippen LogP contribution in [0.1, 0.15) is 17.5 Å². The van der Waals surface area contributed by atoms with Crippen LogP contribution in [0.5, 0.6) is 0 Å². The fourth-order valence-electron chi connectivity index (χ4n) is 2.14. The fourth-order valence-corrected chi connectivity index (χ4v) is 2.59. The minimum absolute atomic E-state index is 0.00667. The number of benzene rings is 1. The van der Waals surface area contributed by atoms with Crippen LogP contribution in [0.15, 0.2) is 41.1 Å². The lowest BCUT2D eigenvalue weighted by molar-refractivity contribution is 0.0494. The number of esters is 1. The molecule has 0 radical (unpaired) electrons. The number of pyridine rings is 1. The van der Waals surface area contributed by atoms with Crippen molar-refractivity contribution in [3.05, 3.63) is 51.8 Å². The molecule has 0 spiro atoms. The van der Waals surface area contributed by atoms with Crippen molar-refractivity contribution >= 4 is 50.9 Å². The number of nitrogens with zero attached hydrogens (tertiary/aromatic N) is 1. The van der Waals surface area contributed by atoms with Gasteiger partial charge in [-0.05, 0) is 53.8 Å². The molecule has 5 nitrogen and oxygen atoms in total. The van der Waals surface area contributed by atoms with Crippen LogP contribution in [0, 0.1) is 9.39 Å². The molecular formula is C16H12FIN2O3. The van der Waals surface area contributed by atoms with Crippen LogP contribution in [0.3, 0.4) is 0 Å². The van der Waals surface area contributed by atoms with Crippen molar-refractivity contribution in [1.82, 2.24) is 4.98 Å². The second kappa shape index (κ2) is 6.53. The van der Waals surface area contributed by atoms with E-state index in [1.54, 1.807) is 31.3 Å². The van der Waals surface area contributed by atoms with Gasteiger partial charge in [0.05, 0.1) is 18.5 Å². The van der Waals surface area contributed by atoms with Crippen molar-refractivity contribution in [1.29, 1.82) is 0 Å². The molecule has 0 bridgehead atoms. The lowest BCUT2D eigenvalue weighted by Crippen LogP contribution is -2.06. The summed E-state index contributed by atoms with van der Waals surface area (Å²) in [5.41, 5.74) is 1.03. The molecule has 0 amide bonds. The first kappa shape index (κ1) is 15.7. The second-order valence-electron chi connectivity index (χ2n) is 4.65. The number of fused-ring (bicyclic) bond motifs is 1. The third-order valence-corrected chi connectivity index (χ3v) is 3.82. The lowest BCUT2D eigenvalue weighted by atomic mass is 10.2. The van der Waals surface area contributed by atoms with E-state index >= 15 is 0 Å². The van der Waals surface area contributed by atoms with E-state index in [9.17, 15) is 9.18 Å². The van der Waals surface area contributed by atoms with E-state index in [1.165, 1.54) is 12.3 Å². The van der Waals surface area contributed by atoms with Gasteiger partial charge in [0.15, 0.2) is 5.58 Å². The first-order valence-corrected chi connectivity index (χ1v) is 7.93. The number of anilines is 2. The molecule has 2 aromatic heterocycles. The Morgan fingerprint density at radius 1 is 1.43 bits per heavy atom. The van der Waals surface area contributed by atoms with Gasteiger partial charge in [-0.15, -0.1) is 0 Å². The van der Waals surface area contributed by atoms with Crippen molar-refractivity contribution in [2.75, 3.05) is 11.9 Å². The van der Waals surface area contributed by atoms with Crippen LogP contribution in [0.4, 0.5) is 15.8 Å². The molecule has 0 saturated heterocycles. The molecule has 0 unspecified atom stereocenters. The number of carbonyl (C=O) groups is 1. The molecule has 7 heteroatoms. The first-order chi connectivity index (χ1) is 11.1. The number of carbonyl (C=O) groups excluding carboxylic acids is 1. The van der Waals surface area contributed by atoms with Gasteiger partial charge >= 0.3 is 5.97 Å². The Labute approximate surface area is 145 Å². The van der Waals surface area contributed by atoms with Crippen LogP contribution in [0.25, 0.3) is 11.0 Å². The Morgan fingerprint density at radius 3 is 3.00 bits per heavy atom. The minimum Gasteiger partial charge on any atom is -0.460 e. The van der Waals surface area contributed by atoms with Gasteiger partial charge in [-0.2, -0.15) is 0 Å². The van der Waals surface area contributed by atoms with E-state index in [2.05, 4.69) is 10.3 Å². The number of hydrogen-bond acceptors (Lipinski definition) is 5. The van der Waals surface area contributed by atoms with Crippen molar-refractivity contribution in [3.63, 3.8) is 0 Å². The molecule has 2 heterocycles. The number of halogens is 2. The zero-order valence-corrected chi connectivity index (χ0v) is 14.3. The normalized spacial score (nSPS) is 10.7. The SMILES string of the molecule is CCOC(=O)c1oc2cnccc2c1Nc1ccc(I)cc1F. The van der Waals surface area contributed by atoms with E-state index in [1.807, 2.05) is 22.6 Å². The van der Waals surface area contributed by atoms with E-state index in [-0.39, 0.29) is 18.1 Å². The van der Waals surface area contributed by atoms with Gasteiger partial charge < -0.3 is 14.5 Å². The van der Waals surface area contributed by atoms with Crippen LogP contribution in [-0.4, -0.2) is 17.6 Å². The highest BCUT2D eigenvalue weighted by Gasteiger charge is 2.22. The van der Waals surface area contributed by atoms with Gasteiger partial charge in [0.2, 0.25) is 5.76 Å². The Balaban J connectivity index is 2.10. The van der Waals surface area contributed by atoms with Gasteiger partial charge in [-0.3, -0.25) is 4.98 Å². The Kier molecular flexibility index (Phi) is 4.46. The van der Waals surface area contributed by atoms with Gasteiger partial charge in [0.1, 0.15) is 11.5 Å². The highest BCUT2D eigenvalue weighted by atomic mass is 127. The lowest BCUT2D eigenvalue weighted by Gasteiger charge is -2.08. The van der Waals surface area contributed by atoms with Crippen molar-refractivity contribution in [3.8, 4) is 0 Å². The number of aromatic nitrogens is 1. The van der Waals surface area contributed by atoms with Crippen molar-refractivity contribution in [2.45, 2.75) is 6.92 Å². The summed E-state index contributed by atoms with van der Waals surface area (Å²) in [6.07, 6.45) is 3.07. The third-order valence-electron chi connectivity index (χ3n) is 3.14. The summed E-state index contributed by atoms with van der Waals surface area (Å²) in [7, 11) is 0. The highest BCUT2D eigenvalue weighted by molar-refractivity contribution is 14.1. The van der Waals surface area contributed by atoms with E-state index in [0.29, 0.717) is 16.7 Å². The largest absolute Gasteiger partial charge is 0.460 e. The number of hydrogen-bond donors (Lipinski definition) is 1. The van der Waals surface area contributed by atoms with E-state index in [4.69, 9.17) is 9.15 Å². The Bertz CT molecular complexity index is 879. The summed E-state index contributed by atoms with van der Waals surface area (Å²) < 4.78 is 25.4. The molecule has 118 valence electrons.